The van der Waals surface area contributed by atoms with Gasteiger partial charge in [0.1, 0.15) is 0 Å². The van der Waals surface area contributed by atoms with Crippen molar-refractivity contribution in [1.82, 2.24) is 5.32 Å². The molecule has 0 saturated carbocycles. The number of unbranched alkanes of at least 4 members (excludes halogenated alkanes) is 9. The number of aliphatic carboxylic acids is 1. The topological polar surface area (TPSA) is 66.4 Å². The maximum Gasteiger partial charge on any atom is 0.331 e. The molecule has 0 rings (SSSR count). The van der Waals surface area contributed by atoms with E-state index in [1.165, 1.54) is 51.4 Å². The summed E-state index contributed by atoms with van der Waals surface area (Å²) in [5.41, 5.74) is -0.0597. The molecule has 21 heavy (non-hydrogen) atoms. The van der Waals surface area contributed by atoms with Gasteiger partial charge in [0, 0.05) is 12.1 Å². The van der Waals surface area contributed by atoms with Crippen LogP contribution in [0.15, 0.2) is 12.2 Å². The summed E-state index contributed by atoms with van der Waals surface area (Å²) in [4.78, 5) is 21.9. The second-order valence-corrected chi connectivity index (χ2v) is 5.62. The largest absolute Gasteiger partial charge is 0.478 e. The van der Waals surface area contributed by atoms with Crippen molar-refractivity contribution >= 4 is 11.9 Å². The number of hydrogen-bond donors (Lipinski definition) is 2. The van der Waals surface area contributed by atoms with Gasteiger partial charge in [-0.1, -0.05) is 71.3 Å². The van der Waals surface area contributed by atoms with Crippen LogP contribution in [-0.4, -0.2) is 23.5 Å². The maximum absolute atomic E-state index is 11.4. The van der Waals surface area contributed by atoms with Crippen LogP contribution in [0.25, 0.3) is 0 Å². The zero-order valence-electron chi connectivity index (χ0n) is 13.5. The lowest BCUT2D eigenvalue weighted by molar-refractivity contribution is -0.134. The van der Waals surface area contributed by atoms with E-state index in [4.69, 9.17) is 5.11 Å². The quantitative estimate of drug-likeness (QED) is 0.375. The molecule has 0 aliphatic rings. The first-order valence-electron chi connectivity index (χ1n) is 8.25. The van der Waals surface area contributed by atoms with Crippen molar-refractivity contribution in [2.24, 2.45) is 0 Å². The minimum absolute atomic E-state index is 0.0597. The van der Waals surface area contributed by atoms with E-state index in [0.29, 0.717) is 6.54 Å². The van der Waals surface area contributed by atoms with Crippen molar-refractivity contribution < 1.29 is 14.7 Å². The Kier molecular flexibility index (Phi) is 12.8. The predicted octanol–water partition coefficient (Wildman–Crippen LogP) is 4.05. The normalized spacial score (nSPS) is 10.3. The van der Waals surface area contributed by atoms with Crippen LogP contribution < -0.4 is 5.32 Å². The Labute approximate surface area is 129 Å². The zero-order chi connectivity index (χ0) is 15.9. The molecule has 122 valence electrons. The summed E-state index contributed by atoms with van der Waals surface area (Å²) in [6.45, 7) is 6.20. The van der Waals surface area contributed by atoms with Crippen LogP contribution in [0.4, 0.5) is 0 Å². The number of carbonyl (C=O) groups is 2. The standard InChI is InChI=1S/C17H31NO3/c1-3-4-5-6-7-8-9-10-11-12-13-18-16(19)14-15(2)17(20)21/h2-14H2,1H3,(H,18,19)(H,20,21). The molecule has 0 atom stereocenters. The fourth-order valence-corrected chi connectivity index (χ4v) is 2.17. The highest BCUT2D eigenvalue weighted by atomic mass is 16.4. The first kappa shape index (κ1) is 19.7. The summed E-state index contributed by atoms with van der Waals surface area (Å²) in [5.74, 6) is -1.36. The molecule has 4 nitrogen and oxygen atoms in total. The molecule has 1 amide bonds. The molecule has 0 heterocycles. The van der Waals surface area contributed by atoms with Crippen molar-refractivity contribution in [2.75, 3.05) is 6.54 Å². The molecule has 0 fully saturated rings. The Bertz CT molecular complexity index is 313. The maximum atomic E-state index is 11.4. The van der Waals surface area contributed by atoms with E-state index in [1.54, 1.807) is 0 Å². The second kappa shape index (κ2) is 13.7. The van der Waals surface area contributed by atoms with Gasteiger partial charge in [0.25, 0.3) is 0 Å². The van der Waals surface area contributed by atoms with E-state index >= 15 is 0 Å². The van der Waals surface area contributed by atoms with E-state index in [0.717, 1.165) is 12.8 Å². The molecular weight excluding hydrogens is 266 g/mol. The van der Waals surface area contributed by atoms with E-state index in [-0.39, 0.29) is 17.9 Å². The van der Waals surface area contributed by atoms with Crippen LogP contribution in [0.2, 0.25) is 0 Å². The number of amides is 1. The van der Waals surface area contributed by atoms with Gasteiger partial charge in [-0.3, -0.25) is 4.79 Å². The molecule has 0 aromatic carbocycles. The minimum atomic E-state index is -1.11. The van der Waals surface area contributed by atoms with Crippen LogP contribution in [0.3, 0.4) is 0 Å². The Morgan fingerprint density at radius 3 is 1.86 bits per heavy atom. The van der Waals surface area contributed by atoms with E-state index < -0.39 is 5.97 Å². The smallest absolute Gasteiger partial charge is 0.331 e. The van der Waals surface area contributed by atoms with Crippen molar-refractivity contribution in [3.8, 4) is 0 Å². The zero-order valence-corrected chi connectivity index (χ0v) is 13.5. The van der Waals surface area contributed by atoms with E-state index in [9.17, 15) is 9.59 Å². The van der Waals surface area contributed by atoms with Gasteiger partial charge in [0.05, 0.1) is 6.42 Å². The summed E-state index contributed by atoms with van der Waals surface area (Å²) < 4.78 is 0. The molecule has 0 radical (unpaired) electrons. The van der Waals surface area contributed by atoms with Crippen molar-refractivity contribution in [2.45, 2.75) is 77.6 Å². The molecule has 0 aliphatic heterocycles. The highest BCUT2D eigenvalue weighted by molar-refractivity contribution is 5.93. The van der Waals surface area contributed by atoms with Gasteiger partial charge in [-0.15, -0.1) is 0 Å². The highest BCUT2D eigenvalue weighted by Crippen LogP contribution is 2.10. The monoisotopic (exact) mass is 297 g/mol. The highest BCUT2D eigenvalue weighted by Gasteiger charge is 2.09. The molecule has 2 N–H and O–H groups in total. The van der Waals surface area contributed by atoms with Gasteiger partial charge in [0.15, 0.2) is 0 Å². The van der Waals surface area contributed by atoms with Gasteiger partial charge in [-0.05, 0) is 6.42 Å². The lowest BCUT2D eigenvalue weighted by atomic mass is 10.1. The van der Waals surface area contributed by atoms with Crippen molar-refractivity contribution in [3.05, 3.63) is 12.2 Å². The second-order valence-electron chi connectivity index (χ2n) is 5.62. The van der Waals surface area contributed by atoms with Crippen molar-refractivity contribution in [3.63, 3.8) is 0 Å². The Hall–Kier alpha value is -1.32. The predicted molar refractivity (Wildman–Crippen MR) is 86.2 cm³/mol. The fraction of sp³-hybridized carbons (Fsp3) is 0.765. The van der Waals surface area contributed by atoms with Crippen LogP contribution in [0.5, 0.6) is 0 Å². The first-order chi connectivity index (χ1) is 10.1. The van der Waals surface area contributed by atoms with Crippen LogP contribution in [0, 0.1) is 0 Å². The first-order valence-corrected chi connectivity index (χ1v) is 8.25. The average molecular weight is 297 g/mol. The fourth-order valence-electron chi connectivity index (χ4n) is 2.17. The number of nitrogens with one attached hydrogen (secondary N) is 1. The number of rotatable bonds is 14. The third kappa shape index (κ3) is 13.4. The third-order valence-corrected chi connectivity index (χ3v) is 3.53. The Balaban J connectivity index is 3.27. The average Bonchev–Trinajstić information content (AvgIpc) is 2.44. The molecule has 0 aliphatic carbocycles. The van der Waals surface area contributed by atoms with Crippen LogP contribution in [0.1, 0.15) is 77.6 Å². The van der Waals surface area contributed by atoms with Gasteiger partial charge in [-0.25, -0.2) is 4.79 Å². The van der Waals surface area contributed by atoms with Crippen molar-refractivity contribution in [1.29, 1.82) is 0 Å². The lowest BCUT2D eigenvalue weighted by Gasteiger charge is -2.05. The molecule has 0 bridgehead atoms. The number of carbonyl (C=O) groups excluding carboxylic acids is 1. The molecule has 0 aromatic rings. The summed E-state index contributed by atoms with van der Waals surface area (Å²) in [6, 6.07) is 0. The lowest BCUT2D eigenvalue weighted by Crippen LogP contribution is -2.25. The number of carboxylic acids is 1. The summed E-state index contributed by atoms with van der Waals surface area (Å²) in [7, 11) is 0. The third-order valence-electron chi connectivity index (χ3n) is 3.53. The SMILES string of the molecule is C=C(CC(=O)NCCCCCCCCCCCC)C(=O)O. The molecule has 0 unspecified atom stereocenters. The molecule has 4 heteroatoms. The van der Waals surface area contributed by atoms with Gasteiger partial charge in [0.2, 0.25) is 5.91 Å². The summed E-state index contributed by atoms with van der Waals surface area (Å²) in [6.07, 6.45) is 12.5. The Morgan fingerprint density at radius 1 is 0.905 bits per heavy atom. The van der Waals surface area contributed by atoms with Gasteiger partial charge in [-0.2, -0.15) is 0 Å². The molecule has 0 spiro atoms. The summed E-state index contributed by atoms with van der Waals surface area (Å²) in [5, 5.41) is 11.3. The van der Waals surface area contributed by atoms with E-state index in [2.05, 4.69) is 18.8 Å². The number of hydrogen-bond acceptors (Lipinski definition) is 2. The van der Waals surface area contributed by atoms with Crippen LogP contribution in [-0.2, 0) is 9.59 Å². The minimum Gasteiger partial charge on any atom is -0.478 e. The summed E-state index contributed by atoms with van der Waals surface area (Å²) >= 11 is 0. The Morgan fingerprint density at radius 2 is 1.38 bits per heavy atom. The van der Waals surface area contributed by atoms with Crippen LogP contribution >= 0.6 is 0 Å². The molecule has 0 aromatic heterocycles. The van der Waals surface area contributed by atoms with Gasteiger partial charge < -0.3 is 10.4 Å². The molecule has 0 saturated heterocycles. The molecular formula is C17H31NO3. The van der Waals surface area contributed by atoms with Gasteiger partial charge >= 0.3 is 5.97 Å². The number of carboxylic acid groups (broad SMARTS) is 1. The van der Waals surface area contributed by atoms with E-state index in [1.807, 2.05) is 0 Å².